The van der Waals surface area contributed by atoms with Gasteiger partial charge in [0.25, 0.3) is 0 Å². The Balaban J connectivity index is 1.41. The van der Waals surface area contributed by atoms with E-state index in [9.17, 15) is 4.79 Å². The largest absolute Gasteiger partial charge is 0.378 e. The zero-order valence-electron chi connectivity index (χ0n) is 17.4. The summed E-state index contributed by atoms with van der Waals surface area (Å²) in [5.41, 5.74) is 1.45. The van der Waals surface area contributed by atoms with Gasteiger partial charge in [-0.2, -0.15) is 9.97 Å². The number of nitrogens with one attached hydrogen (secondary N) is 1. The van der Waals surface area contributed by atoms with Gasteiger partial charge in [-0.15, -0.1) is 0 Å². The van der Waals surface area contributed by atoms with E-state index < -0.39 is 0 Å². The maximum absolute atomic E-state index is 12.3. The Morgan fingerprint density at radius 2 is 1.87 bits per heavy atom. The van der Waals surface area contributed by atoms with E-state index in [-0.39, 0.29) is 16.6 Å². The van der Waals surface area contributed by atoms with Crippen LogP contribution in [-0.2, 0) is 22.6 Å². The van der Waals surface area contributed by atoms with Gasteiger partial charge in [-0.1, -0.05) is 0 Å². The topological polar surface area (TPSA) is 88.4 Å². The Kier molecular flexibility index (Phi) is 5.28. The van der Waals surface area contributed by atoms with Crippen molar-refractivity contribution in [3.63, 3.8) is 0 Å². The second kappa shape index (κ2) is 7.94. The SMILES string of the molecule is CCn1c(CN2CCC3(CCNC3=O)CC2)nc2c(N3CCOCC3)nc(Cl)nc21. The van der Waals surface area contributed by atoms with Crippen molar-refractivity contribution in [2.45, 2.75) is 39.3 Å². The molecule has 0 aromatic carbocycles. The van der Waals surface area contributed by atoms with E-state index in [0.29, 0.717) is 13.2 Å². The molecule has 1 N–H and O–H groups in total. The first-order valence-electron chi connectivity index (χ1n) is 10.9. The predicted molar refractivity (Wildman–Crippen MR) is 114 cm³/mol. The van der Waals surface area contributed by atoms with Crippen LogP contribution in [0.2, 0.25) is 5.28 Å². The summed E-state index contributed by atoms with van der Waals surface area (Å²) in [5, 5.41) is 3.26. The van der Waals surface area contributed by atoms with Gasteiger partial charge in [0.05, 0.1) is 25.2 Å². The highest BCUT2D eigenvalue weighted by Crippen LogP contribution is 2.38. The molecule has 10 heteroatoms. The maximum Gasteiger partial charge on any atom is 0.226 e. The average molecular weight is 434 g/mol. The van der Waals surface area contributed by atoms with Gasteiger partial charge in [0, 0.05) is 26.2 Å². The number of aryl methyl sites for hydroxylation is 1. The Morgan fingerprint density at radius 3 is 2.53 bits per heavy atom. The van der Waals surface area contributed by atoms with E-state index in [1.165, 1.54) is 0 Å². The van der Waals surface area contributed by atoms with Crippen LogP contribution in [0.3, 0.4) is 0 Å². The van der Waals surface area contributed by atoms with Crippen molar-refractivity contribution in [2.75, 3.05) is 50.8 Å². The fourth-order valence-electron chi connectivity index (χ4n) is 4.99. The minimum absolute atomic E-state index is 0.149. The van der Waals surface area contributed by atoms with Crippen molar-refractivity contribution >= 4 is 34.5 Å². The molecule has 0 radical (unpaired) electrons. The summed E-state index contributed by atoms with van der Waals surface area (Å²) in [6.45, 7) is 9.12. The van der Waals surface area contributed by atoms with Gasteiger partial charge in [-0.3, -0.25) is 9.69 Å². The maximum atomic E-state index is 12.3. The lowest BCUT2D eigenvalue weighted by Crippen LogP contribution is -2.43. The number of aromatic nitrogens is 4. The molecule has 1 amide bonds. The van der Waals surface area contributed by atoms with Gasteiger partial charge >= 0.3 is 0 Å². The van der Waals surface area contributed by atoms with Crippen molar-refractivity contribution in [3.8, 4) is 0 Å². The molecule has 2 aromatic heterocycles. The molecule has 3 fully saturated rings. The highest BCUT2D eigenvalue weighted by Gasteiger charge is 2.44. The average Bonchev–Trinajstić information content (AvgIpc) is 3.29. The number of morpholine rings is 1. The van der Waals surface area contributed by atoms with Gasteiger partial charge in [0.15, 0.2) is 17.0 Å². The second-order valence-corrected chi connectivity index (χ2v) is 8.76. The van der Waals surface area contributed by atoms with Crippen LogP contribution in [0, 0.1) is 5.41 Å². The zero-order valence-corrected chi connectivity index (χ0v) is 18.1. The number of hydrogen-bond donors (Lipinski definition) is 1. The van der Waals surface area contributed by atoms with Gasteiger partial charge < -0.3 is 19.5 Å². The third-order valence-corrected chi connectivity index (χ3v) is 6.97. The molecule has 9 nitrogen and oxygen atoms in total. The van der Waals surface area contributed by atoms with Gasteiger partial charge in [-0.25, -0.2) is 4.98 Å². The molecule has 3 aliphatic rings. The van der Waals surface area contributed by atoms with E-state index in [1.54, 1.807) is 0 Å². The minimum Gasteiger partial charge on any atom is -0.378 e. The smallest absolute Gasteiger partial charge is 0.226 e. The number of fused-ring (bicyclic) bond motifs is 1. The van der Waals surface area contributed by atoms with Crippen LogP contribution in [0.25, 0.3) is 11.2 Å². The quantitative estimate of drug-likeness (QED) is 0.730. The molecule has 5 rings (SSSR count). The first kappa shape index (κ1) is 20.0. The standard InChI is InChI=1S/C20H28ClN7O2/c1-2-28-14(13-26-7-4-20(5-8-26)3-6-22-18(20)29)23-15-16(24-19(21)25-17(15)28)27-9-11-30-12-10-27/h2-13H2,1H3,(H,22,29). The number of hydrogen-bond acceptors (Lipinski definition) is 7. The molecule has 3 aliphatic heterocycles. The van der Waals surface area contributed by atoms with Crippen LogP contribution in [0.4, 0.5) is 5.82 Å². The number of rotatable bonds is 4. The fourth-order valence-corrected chi connectivity index (χ4v) is 5.15. The first-order valence-corrected chi connectivity index (χ1v) is 11.2. The highest BCUT2D eigenvalue weighted by atomic mass is 35.5. The number of carbonyl (C=O) groups is 1. The van der Waals surface area contributed by atoms with Crippen molar-refractivity contribution < 1.29 is 9.53 Å². The van der Waals surface area contributed by atoms with Crippen molar-refractivity contribution in [1.29, 1.82) is 0 Å². The number of likely N-dealkylation sites (tertiary alicyclic amines) is 1. The number of carbonyl (C=O) groups excluding carboxylic acids is 1. The fraction of sp³-hybridized carbons (Fsp3) is 0.700. The number of nitrogens with zero attached hydrogens (tertiary/aromatic N) is 6. The van der Waals surface area contributed by atoms with Crippen LogP contribution in [0.1, 0.15) is 32.0 Å². The van der Waals surface area contributed by atoms with Crippen LogP contribution >= 0.6 is 11.6 Å². The predicted octanol–water partition coefficient (Wildman–Crippen LogP) is 1.44. The summed E-state index contributed by atoms with van der Waals surface area (Å²) in [7, 11) is 0. The molecule has 0 saturated carbocycles. The summed E-state index contributed by atoms with van der Waals surface area (Å²) >= 11 is 6.29. The number of imidazole rings is 1. The molecule has 0 atom stereocenters. The molecule has 0 aliphatic carbocycles. The zero-order chi connectivity index (χ0) is 20.7. The highest BCUT2D eigenvalue weighted by molar-refractivity contribution is 6.28. The van der Waals surface area contributed by atoms with E-state index >= 15 is 0 Å². The van der Waals surface area contributed by atoms with Crippen LogP contribution in [-0.4, -0.2) is 76.3 Å². The monoisotopic (exact) mass is 433 g/mol. The minimum atomic E-state index is -0.149. The molecule has 0 unspecified atom stereocenters. The third-order valence-electron chi connectivity index (χ3n) is 6.80. The molecule has 5 heterocycles. The lowest BCUT2D eigenvalue weighted by Gasteiger charge is -2.37. The van der Waals surface area contributed by atoms with Crippen LogP contribution in [0.5, 0.6) is 0 Å². The van der Waals surface area contributed by atoms with E-state index in [2.05, 4.69) is 36.6 Å². The Hall–Kier alpha value is -1.97. The normalized spacial score (nSPS) is 22.2. The molecule has 1 spiro atoms. The molecule has 30 heavy (non-hydrogen) atoms. The summed E-state index contributed by atoms with van der Waals surface area (Å²) in [6, 6.07) is 0. The van der Waals surface area contributed by atoms with Crippen LogP contribution < -0.4 is 10.2 Å². The van der Waals surface area contributed by atoms with Crippen molar-refractivity contribution in [2.24, 2.45) is 5.41 Å². The number of ether oxygens (including phenoxy) is 1. The number of piperidine rings is 1. The van der Waals surface area contributed by atoms with E-state index in [1.807, 2.05) is 0 Å². The summed E-state index contributed by atoms with van der Waals surface area (Å²) < 4.78 is 7.62. The summed E-state index contributed by atoms with van der Waals surface area (Å²) in [6.07, 6.45) is 2.79. The van der Waals surface area contributed by atoms with Gasteiger partial charge in [0.1, 0.15) is 5.82 Å². The van der Waals surface area contributed by atoms with Crippen LogP contribution in [0.15, 0.2) is 0 Å². The van der Waals surface area contributed by atoms with Crippen molar-refractivity contribution in [1.82, 2.24) is 29.7 Å². The van der Waals surface area contributed by atoms with Crippen molar-refractivity contribution in [3.05, 3.63) is 11.1 Å². The Labute approximate surface area is 180 Å². The molecule has 0 bridgehead atoms. The molecule has 162 valence electrons. The van der Waals surface area contributed by atoms with Gasteiger partial charge in [-0.05, 0) is 50.9 Å². The van der Waals surface area contributed by atoms with E-state index in [0.717, 1.165) is 87.9 Å². The molecule has 3 saturated heterocycles. The van der Waals surface area contributed by atoms with E-state index in [4.69, 9.17) is 21.3 Å². The molecular formula is C20H28ClN7O2. The lowest BCUT2D eigenvalue weighted by atomic mass is 9.77. The Bertz CT molecular complexity index is 948. The summed E-state index contributed by atoms with van der Waals surface area (Å²) in [4.78, 5) is 30.8. The number of anilines is 1. The second-order valence-electron chi connectivity index (χ2n) is 8.42. The first-order chi connectivity index (χ1) is 14.6. The molecule has 2 aromatic rings. The van der Waals surface area contributed by atoms with Gasteiger partial charge in [0.2, 0.25) is 11.2 Å². The Morgan fingerprint density at radius 1 is 1.10 bits per heavy atom. The third kappa shape index (κ3) is 3.42. The lowest BCUT2D eigenvalue weighted by molar-refractivity contribution is -0.130. The molecular weight excluding hydrogens is 406 g/mol. The number of halogens is 1. The number of amides is 1. The summed E-state index contributed by atoms with van der Waals surface area (Å²) in [5.74, 6) is 2.01.